The van der Waals surface area contributed by atoms with Crippen LogP contribution in [0.25, 0.3) is 0 Å². The van der Waals surface area contributed by atoms with E-state index in [9.17, 15) is 10.2 Å². The van der Waals surface area contributed by atoms with Crippen LogP contribution in [0, 0.1) is 12.5 Å². The van der Waals surface area contributed by atoms with Crippen LogP contribution in [0.1, 0.15) is 0 Å². The third-order valence-electron chi connectivity index (χ3n) is 1.68. The molecule has 0 aromatic carbocycles. The van der Waals surface area contributed by atoms with Crippen LogP contribution < -0.4 is 0 Å². The molecule has 0 aromatic heterocycles. The van der Waals surface area contributed by atoms with Gasteiger partial charge in [0.15, 0.2) is 0 Å². The van der Waals surface area contributed by atoms with Crippen LogP contribution in [0.15, 0.2) is 0 Å². The molecule has 1 unspecified atom stereocenters. The van der Waals surface area contributed by atoms with Crippen molar-refractivity contribution in [2.75, 3.05) is 6.61 Å². The summed E-state index contributed by atoms with van der Waals surface area (Å²) < 4.78 is 9.36. The van der Waals surface area contributed by atoms with E-state index in [1.165, 1.54) is 0 Å². The zero-order chi connectivity index (χ0) is 9.14. The first-order chi connectivity index (χ1) is 5.70. The Balaban J connectivity index is 2.55. The van der Waals surface area contributed by atoms with Crippen molar-refractivity contribution in [2.24, 2.45) is 0 Å². The largest absolute Gasteiger partial charge is 0.412 e. The van der Waals surface area contributed by atoms with Crippen LogP contribution in [0.3, 0.4) is 0 Å². The van der Waals surface area contributed by atoms with Gasteiger partial charge >= 0.3 is 0 Å². The minimum atomic E-state index is -1.21. The Morgan fingerprint density at radius 2 is 2.08 bits per heavy atom. The van der Waals surface area contributed by atoms with Gasteiger partial charge in [-0.3, -0.25) is 0 Å². The second-order valence-electron chi connectivity index (χ2n) is 2.44. The van der Waals surface area contributed by atoms with Gasteiger partial charge in [0.1, 0.15) is 24.4 Å². The Hall–Kier alpha value is -0.800. The maximum Gasteiger partial charge on any atom is 0.239 e. The Labute approximate surface area is 69.5 Å². The maximum atomic E-state index is 9.18. The molecule has 0 aromatic rings. The van der Waals surface area contributed by atoms with Crippen LogP contribution in [0.5, 0.6) is 0 Å². The standard InChI is InChI=1S/C7H10O5/c1-2-11-7-6(10)5(9)4(3-8)12-7/h1,4-10H,3H2/t4-,5-,6-,7?/m1/s1. The number of ether oxygens (including phenoxy) is 2. The smallest absolute Gasteiger partial charge is 0.239 e. The lowest BCUT2D eigenvalue weighted by molar-refractivity contribution is -0.131. The van der Waals surface area contributed by atoms with Crippen LogP contribution in [-0.2, 0) is 9.47 Å². The molecule has 0 amide bonds. The van der Waals surface area contributed by atoms with Crippen molar-refractivity contribution in [3.63, 3.8) is 0 Å². The highest BCUT2D eigenvalue weighted by atomic mass is 16.7. The number of aliphatic hydroxyl groups is 3. The van der Waals surface area contributed by atoms with Crippen LogP contribution in [0.2, 0.25) is 0 Å². The maximum absolute atomic E-state index is 9.18. The van der Waals surface area contributed by atoms with Gasteiger partial charge in [-0.05, 0) is 0 Å². The molecule has 1 aliphatic rings. The molecule has 1 rings (SSSR count). The molecule has 1 fully saturated rings. The predicted molar refractivity (Wildman–Crippen MR) is 37.7 cm³/mol. The molecular formula is C7H10O5. The average molecular weight is 174 g/mol. The van der Waals surface area contributed by atoms with Gasteiger partial charge in [0.05, 0.1) is 6.61 Å². The first-order valence-electron chi connectivity index (χ1n) is 3.44. The molecule has 4 atom stereocenters. The van der Waals surface area contributed by atoms with Gasteiger partial charge in [-0.1, -0.05) is 6.42 Å². The highest BCUT2D eigenvalue weighted by Gasteiger charge is 2.43. The van der Waals surface area contributed by atoms with Crippen molar-refractivity contribution in [1.82, 2.24) is 0 Å². The molecule has 1 heterocycles. The fourth-order valence-electron chi connectivity index (χ4n) is 1.03. The van der Waals surface area contributed by atoms with Crippen LogP contribution in [0.4, 0.5) is 0 Å². The van der Waals surface area contributed by atoms with Crippen molar-refractivity contribution >= 4 is 0 Å². The molecule has 0 aliphatic carbocycles. The van der Waals surface area contributed by atoms with Crippen molar-refractivity contribution in [3.8, 4) is 12.5 Å². The summed E-state index contributed by atoms with van der Waals surface area (Å²) in [4.78, 5) is 0. The van der Waals surface area contributed by atoms with E-state index in [4.69, 9.17) is 16.3 Å². The summed E-state index contributed by atoms with van der Waals surface area (Å²) in [5.41, 5.74) is 0. The quantitative estimate of drug-likeness (QED) is 0.423. The molecule has 1 saturated heterocycles. The molecule has 1 aliphatic heterocycles. The highest BCUT2D eigenvalue weighted by molar-refractivity contribution is 4.88. The lowest BCUT2D eigenvalue weighted by Gasteiger charge is -2.10. The topological polar surface area (TPSA) is 79.2 Å². The van der Waals surface area contributed by atoms with E-state index in [1.54, 1.807) is 0 Å². The van der Waals surface area contributed by atoms with E-state index in [2.05, 4.69) is 4.74 Å². The average Bonchev–Trinajstić information content (AvgIpc) is 2.33. The Bertz CT molecular complexity index is 187. The Kier molecular flexibility index (Phi) is 2.89. The molecular weight excluding hydrogens is 164 g/mol. The molecule has 5 nitrogen and oxygen atoms in total. The monoisotopic (exact) mass is 174 g/mol. The number of hydrogen-bond acceptors (Lipinski definition) is 5. The zero-order valence-electron chi connectivity index (χ0n) is 6.25. The van der Waals surface area contributed by atoms with Gasteiger partial charge in [0, 0.05) is 0 Å². The molecule has 0 bridgehead atoms. The molecule has 0 radical (unpaired) electrons. The normalized spacial score (nSPS) is 40.8. The van der Waals surface area contributed by atoms with Crippen LogP contribution >= 0.6 is 0 Å². The summed E-state index contributed by atoms with van der Waals surface area (Å²) in [6.07, 6.45) is 2.37. The summed E-state index contributed by atoms with van der Waals surface area (Å²) in [6, 6.07) is 0. The zero-order valence-corrected chi connectivity index (χ0v) is 6.25. The summed E-state index contributed by atoms with van der Waals surface area (Å²) in [7, 11) is 0. The van der Waals surface area contributed by atoms with E-state index < -0.39 is 24.6 Å². The Morgan fingerprint density at radius 3 is 2.50 bits per heavy atom. The van der Waals surface area contributed by atoms with Crippen molar-refractivity contribution in [2.45, 2.75) is 24.6 Å². The van der Waals surface area contributed by atoms with Gasteiger partial charge in [0.25, 0.3) is 0 Å². The van der Waals surface area contributed by atoms with Crippen molar-refractivity contribution in [3.05, 3.63) is 0 Å². The number of rotatable bonds is 2. The van der Waals surface area contributed by atoms with Crippen molar-refractivity contribution < 1.29 is 24.8 Å². The van der Waals surface area contributed by atoms with E-state index in [-0.39, 0.29) is 6.61 Å². The summed E-state index contributed by atoms with van der Waals surface area (Å²) in [5, 5.41) is 27.0. The third kappa shape index (κ3) is 1.52. The first kappa shape index (κ1) is 9.29. The molecule has 0 spiro atoms. The highest BCUT2D eigenvalue weighted by Crippen LogP contribution is 2.21. The number of hydrogen-bond donors (Lipinski definition) is 3. The SMILES string of the molecule is C#COC1O[C@H](CO)[C@@H](O)[C@H]1O. The van der Waals surface area contributed by atoms with Crippen LogP contribution in [-0.4, -0.2) is 46.5 Å². The van der Waals surface area contributed by atoms with E-state index in [0.29, 0.717) is 0 Å². The van der Waals surface area contributed by atoms with Crippen molar-refractivity contribution in [1.29, 1.82) is 0 Å². The lowest BCUT2D eigenvalue weighted by atomic mass is 10.1. The van der Waals surface area contributed by atoms with Gasteiger partial charge in [-0.2, -0.15) is 0 Å². The molecule has 3 N–H and O–H groups in total. The summed E-state index contributed by atoms with van der Waals surface area (Å²) in [6.45, 7) is -0.386. The second-order valence-corrected chi connectivity index (χ2v) is 2.44. The fraction of sp³-hybridized carbons (Fsp3) is 0.714. The minimum Gasteiger partial charge on any atom is -0.412 e. The van der Waals surface area contributed by atoms with E-state index >= 15 is 0 Å². The molecule has 5 heteroatoms. The van der Waals surface area contributed by atoms with Gasteiger partial charge < -0.3 is 24.8 Å². The predicted octanol–water partition coefficient (Wildman–Crippen LogP) is -1.97. The third-order valence-corrected chi connectivity index (χ3v) is 1.68. The van der Waals surface area contributed by atoms with Gasteiger partial charge in [-0.15, -0.1) is 0 Å². The fourth-order valence-corrected chi connectivity index (χ4v) is 1.03. The van der Waals surface area contributed by atoms with E-state index in [1.807, 2.05) is 6.11 Å². The summed E-state index contributed by atoms with van der Waals surface area (Å²) in [5.74, 6) is 0. The molecule has 68 valence electrons. The molecule has 0 saturated carbocycles. The minimum absolute atomic E-state index is 0.386. The van der Waals surface area contributed by atoms with E-state index in [0.717, 1.165) is 0 Å². The number of terminal acetylenes is 1. The summed E-state index contributed by atoms with van der Waals surface area (Å²) >= 11 is 0. The lowest BCUT2D eigenvalue weighted by Crippen LogP contribution is -2.34. The number of aliphatic hydroxyl groups excluding tert-OH is 3. The Morgan fingerprint density at radius 1 is 1.42 bits per heavy atom. The molecule has 12 heavy (non-hydrogen) atoms. The first-order valence-corrected chi connectivity index (χ1v) is 3.44. The van der Waals surface area contributed by atoms with Gasteiger partial charge in [0.2, 0.25) is 6.29 Å². The second kappa shape index (κ2) is 3.74. The van der Waals surface area contributed by atoms with Gasteiger partial charge in [-0.25, -0.2) is 0 Å².